The summed E-state index contributed by atoms with van der Waals surface area (Å²) in [7, 11) is 0. The Morgan fingerprint density at radius 3 is 2.78 bits per heavy atom. The van der Waals surface area contributed by atoms with Crippen LogP contribution >= 0.6 is 11.3 Å². The number of thiophene rings is 1. The van der Waals surface area contributed by atoms with Crippen molar-refractivity contribution in [1.29, 1.82) is 0 Å². The fraction of sp³-hybridized carbons (Fsp3) is 0.0769. The Balaban J connectivity index is 1.84. The number of halogens is 1. The van der Waals surface area contributed by atoms with Crippen molar-refractivity contribution in [3.8, 4) is 0 Å². The van der Waals surface area contributed by atoms with Crippen molar-refractivity contribution < 1.29 is 9.18 Å². The van der Waals surface area contributed by atoms with Gasteiger partial charge in [-0.05, 0) is 29.1 Å². The number of hydrazone groups is 1. The predicted octanol–water partition coefficient (Wildman–Crippen LogP) is 2.58. The molecule has 0 spiro atoms. The van der Waals surface area contributed by atoms with E-state index in [4.69, 9.17) is 0 Å². The van der Waals surface area contributed by atoms with E-state index in [0.717, 1.165) is 10.4 Å². The normalized spacial score (nSPS) is 10.7. The molecule has 92 valence electrons. The zero-order chi connectivity index (χ0) is 12.8. The second-order valence-corrected chi connectivity index (χ2v) is 4.59. The quantitative estimate of drug-likeness (QED) is 0.668. The maximum atomic E-state index is 12.7. The fourth-order valence-corrected chi connectivity index (χ4v) is 1.94. The van der Waals surface area contributed by atoms with Gasteiger partial charge in [-0.1, -0.05) is 18.2 Å². The number of hydrogen-bond donors (Lipinski definition) is 1. The number of nitrogens with one attached hydrogen (secondary N) is 1. The molecule has 1 aromatic carbocycles. The summed E-state index contributed by atoms with van der Waals surface area (Å²) in [6.45, 7) is 0. The van der Waals surface area contributed by atoms with Gasteiger partial charge >= 0.3 is 0 Å². The van der Waals surface area contributed by atoms with Crippen LogP contribution in [0.1, 0.15) is 10.4 Å². The number of amides is 1. The highest BCUT2D eigenvalue weighted by Gasteiger charge is 2.01. The van der Waals surface area contributed by atoms with Crippen LogP contribution in [0.5, 0.6) is 0 Å². The lowest BCUT2D eigenvalue weighted by Gasteiger charge is -1.99. The van der Waals surface area contributed by atoms with Crippen LogP contribution in [0.2, 0.25) is 0 Å². The lowest BCUT2D eigenvalue weighted by Crippen LogP contribution is -2.19. The second kappa shape index (κ2) is 6.07. The van der Waals surface area contributed by atoms with Gasteiger partial charge in [0.1, 0.15) is 5.82 Å². The van der Waals surface area contributed by atoms with Gasteiger partial charge in [-0.2, -0.15) is 5.10 Å². The van der Waals surface area contributed by atoms with Crippen molar-refractivity contribution in [3.63, 3.8) is 0 Å². The van der Waals surface area contributed by atoms with Crippen molar-refractivity contribution >= 4 is 23.5 Å². The van der Waals surface area contributed by atoms with Gasteiger partial charge in [-0.25, -0.2) is 9.82 Å². The molecular formula is C13H11FN2OS. The Bertz CT molecular complexity index is 535. The van der Waals surface area contributed by atoms with E-state index in [-0.39, 0.29) is 18.1 Å². The number of nitrogens with zero attached hydrogens (tertiary/aromatic N) is 1. The van der Waals surface area contributed by atoms with E-state index >= 15 is 0 Å². The summed E-state index contributed by atoms with van der Waals surface area (Å²) in [6.07, 6.45) is 1.77. The van der Waals surface area contributed by atoms with E-state index in [9.17, 15) is 9.18 Å². The summed E-state index contributed by atoms with van der Waals surface area (Å²) < 4.78 is 12.7. The molecule has 0 saturated carbocycles. The highest BCUT2D eigenvalue weighted by Crippen LogP contribution is 2.05. The van der Waals surface area contributed by atoms with Gasteiger partial charge in [0.2, 0.25) is 5.91 Å². The van der Waals surface area contributed by atoms with Crippen LogP contribution in [0.3, 0.4) is 0 Å². The fourth-order valence-electron chi connectivity index (χ4n) is 1.36. The van der Waals surface area contributed by atoms with E-state index in [2.05, 4.69) is 10.5 Å². The van der Waals surface area contributed by atoms with Gasteiger partial charge in [-0.15, -0.1) is 11.3 Å². The first-order chi connectivity index (χ1) is 8.74. The van der Waals surface area contributed by atoms with E-state index in [1.165, 1.54) is 23.5 Å². The molecule has 3 nitrogen and oxygen atoms in total. The maximum absolute atomic E-state index is 12.7. The van der Waals surface area contributed by atoms with Gasteiger partial charge in [0.25, 0.3) is 0 Å². The summed E-state index contributed by atoms with van der Waals surface area (Å²) in [4.78, 5) is 12.5. The largest absolute Gasteiger partial charge is 0.273 e. The topological polar surface area (TPSA) is 41.5 Å². The first-order valence-corrected chi connectivity index (χ1v) is 6.22. The van der Waals surface area contributed by atoms with E-state index in [1.807, 2.05) is 17.5 Å². The molecule has 0 aliphatic heterocycles. The highest BCUT2D eigenvalue weighted by atomic mass is 32.1. The molecule has 1 aromatic heterocycles. The molecular weight excluding hydrogens is 251 g/mol. The van der Waals surface area contributed by atoms with Gasteiger partial charge in [0.05, 0.1) is 12.6 Å². The molecule has 1 amide bonds. The van der Waals surface area contributed by atoms with Crippen molar-refractivity contribution in [2.75, 3.05) is 0 Å². The molecule has 2 aromatic rings. The Morgan fingerprint density at radius 2 is 2.11 bits per heavy atom. The SMILES string of the molecule is O=C(Cc1ccc(F)cc1)N/N=C/c1cccs1. The van der Waals surface area contributed by atoms with Crippen LogP contribution in [0, 0.1) is 5.82 Å². The van der Waals surface area contributed by atoms with Crippen LogP contribution in [-0.4, -0.2) is 12.1 Å². The molecule has 1 N–H and O–H groups in total. The Kier molecular flexibility index (Phi) is 4.20. The monoisotopic (exact) mass is 262 g/mol. The minimum atomic E-state index is -0.310. The summed E-state index contributed by atoms with van der Waals surface area (Å²) >= 11 is 1.54. The lowest BCUT2D eigenvalue weighted by molar-refractivity contribution is -0.120. The molecule has 5 heteroatoms. The van der Waals surface area contributed by atoms with Crippen molar-refractivity contribution in [2.24, 2.45) is 5.10 Å². The number of hydrogen-bond acceptors (Lipinski definition) is 3. The molecule has 1 heterocycles. The van der Waals surface area contributed by atoms with E-state index in [1.54, 1.807) is 18.3 Å². The van der Waals surface area contributed by atoms with Gasteiger partial charge < -0.3 is 0 Å². The first-order valence-electron chi connectivity index (χ1n) is 5.34. The van der Waals surface area contributed by atoms with Crippen molar-refractivity contribution in [2.45, 2.75) is 6.42 Å². The Labute approximate surface area is 108 Å². The molecule has 0 saturated heterocycles. The maximum Gasteiger partial charge on any atom is 0.244 e. The predicted molar refractivity (Wildman–Crippen MR) is 70.2 cm³/mol. The molecule has 0 fully saturated rings. The van der Waals surface area contributed by atoms with Crippen LogP contribution in [0.25, 0.3) is 0 Å². The molecule has 2 rings (SSSR count). The number of carbonyl (C=O) groups is 1. The third-order valence-electron chi connectivity index (χ3n) is 2.20. The summed E-state index contributed by atoms with van der Waals surface area (Å²) in [5.74, 6) is -0.538. The van der Waals surface area contributed by atoms with Crippen molar-refractivity contribution in [3.05, 3.63) is 58.0 Å². The van der Waals surface area contributed by atoms with E-state index in [0.29, 0.717) is 0 Å². The summed E-state index contributed by atoms with van der Waals surface area (Å²) in [6, 6.07) is 9.64. The lowest BCUT2D eigenvalue weighted by atomic mass is 10.1. The van der Waals surface area contributed by atoms with Crippen LogP contribution < -0.4 is 5.43 Å². The first kappa shape index (κ1) is 12.4. The summed E-state index contributed by atoms with van der Waals surface area (Å²) in [5, 5.41) is 5.77. The molecule has 0 bridgehead atoms. The smallest absolute Gasteiger partial charge is 0.244 e. The van der Waals surface area contributed by atoms with Crippen LogP contribution in [-0.2, 0) is 11.2 Å². The molecule has 18 heavy (non-hydrogen) atoms. The van der Waals surface area contributed by atoms with E-state index < -0.39 is 0 Å². The third kappa shape index (κ3) is 3.78. The van der Waals surface area contributed by atoms with Crippen LogP contribution in [0.4, 0.5) is 4.39 Å². The Hall–Kier alpha value is -2.01. The average Bonchev–Trinajstić information content (AvgIpc) is 2.85. The standard InChI is InChI=1S/C13H11FN2OS/c14-11-5-3-10(4-6-11)8-13(17)16-15-9-12-2-1-7-18-12/h1-7,9H,8H2,(H,16,17)/b15-9+. The Morgan fingerprint density at radius 1 is 1.33 bits per heavy atom. The zero-order valence-electron chi connectivity index (χ0n) is 9.47. The van der Waals surface area contributed by atoms with Crippen LogP contribution in [0.15, 0.2) is 46.9 Å². The molecule has 0 atom stereocenters. The second-order valence-electron chi connectivity index (χ2n) is 3.61. The molecule has 0 radical (unpaired) electrons. The number of benzene rings is 1. The summed E-state index contributed by atoms with van der Waals surface area (Å²) in [5.41, 5.74) is 3.18. The van der Waals surface area contributed by atoms with Crippen molar-refractivity contribution in [1.82, 2.24) is 5.43 Å². The minimum Gasteiger partial charge on any atom is -0.273 e. The zero-order valence-corrected chi connectivity index (χ0v) is 10.3. The van der Waals surface area contributed by atoms with Gasteiger partial charge in [-0.3, -0.25) is 4.79 Å². The number of carbonyl (C=O) groups excluding carboxylic acids is 1. The third-order valence-corrected chi connectivity index (χ3v) is 3.01. The molecule has 0 aliphatic carbocycles. The average molecular weight is 262 g/mol. The highest BCUT2D eigenvalue weighted by molar-refractivity contribution is 7.11. The molecule has 0 aliphatic rings. The van der Waals surface area contributed by atoms with Gasteiger partial charge in [0.15, 0.2) is 0 Å². The number of rotatable bonds is 4. The van der Waals surface area contributed by atoms with Gasteiger partial charge in [0, 0.05) is 4.88 Å². The molecule has 0 unspecified atom stereocenters. The minimum absolute atomic E-state index is 0.183.